The Morgan fingerprint density at radius 2 is 1.30 bits per heavy atom. The van der Waals surface area contributed by atoms with Crippen molar-refractivity contribution in [2.75, 3.05) is 0 Å². The van der Waals surface area contributed by atoms with Gasteiger partial charge in [0.05, 0.1) is 0 Å². The standard InChI is InChI=1S/C7H19FGe2/c1-7(9(2,3)4)10(5,6)8/h7H,1-6H3. The quantitative estimate of drug-likeness (QED) is 0.673. The van der Waals surface area contributed by atoms with Gasteiger partial charge in [0.25, 0.3) is 0 Å². The predicted molar refractivity (Wildman–Crippen MR) is 51.4 cm³/mol. The molecule has 0 aromatic carbocycles. The summed E-state index contributed by atoms with van der Waals surface area (Å²) in [6.45, 7) is 2.12. The summed E-state index contributed by atoms with van der Waals surface area (Å²) in [5.41, 5.74) is 0. The molecule has 0 N–H and O–H groups in total. The van der Waals surface area contributed by atoms with E-state index in [9.17, 15) is 3.50 Å². The molecule has 1 atom stereocenters. The van der Waals surface area contributed by atoms with Crippen LogP contribution in [0.4, 0.5) is 3.50 Å². The molecule has 0 aliphatic rings. The average Bonchev–Trinajstić information content (AvgIpc) is 1.59. The molecule has 0 spiro atoms. The molecule has 0 amide bonds. The molecule has 0 aliphatic heterocycles. The van der Waals surface area contributed by atoms with Gasteiger partial charge in [-0.3, -0.25) is 0 Å². The Labute approximate surface area is 69.8 Å². The molecule has 10 heavy (non-hydrogen) atoms. The summed E-state index contributed by atoms with van der Waals surface area (Å²) in [5, 5.41) is 0. The first-order valence-electron chi connectivity index (χ1n) is 3.84. The summed E-state index contributed by atoms with van der Waals surface area (Å²) < 4.78 is 14.0. The summed E-state index contributed by atoms with van der Waals surface area (Å²) in [6.07, 6.45) is 0. The van der Waals surface area contributed by atoms with Crippen molar-refractivity contribution in [1.82, 2.24) is 0 Å². The molecule has 0 nitrogen and oxygen atoms in total. The average molecular weight is 267 g/mol. The monoisotopic (exact) mass is 270 g/mol. The molecule has 62 valence electrons. The first-order valence-corrected chi connectivity index (χ1v) is 17.5. The van der Waals surface area contributed by atoms with Crippen molar-refractivity contribution in [2.45, 2.75) is 39.3 Å². The van der Waals surface area contributed by atoms with Crippen LogP contribution >= 0.6 is 0 Å². The second-order valence-electron chi connectivity index (χ2n) is 4.65. The molecule has 0 saturated heterocycles. The first kappa shape index (κ1) is 11.0. The van der Waals surface area contributed by atoms with Crippen LogP contribution in [0.5, 0.6) is 0 Å². The Balaban J connectivity index is 4.23. The van der Waals surface area contributed by atoms with Gasteiger partial charge in [0.1, 0.15) is 0 Å². The molecule has 0 saturated carbocycles. The van der Waals surface area contributed by atoms with Crippen LogP contribution in [0.3, 0.4) is 0 Å². The van der Waals surface area contributed by atoms with Gasteiger partial charge in [0.15, 0.2) is 0 Å². The van der Waals surface area contributed by atoms with Gasteiger partial charge >= 0.3 is 69.8 Å². The summed E-state index contributed by atoms with van der Waals surface area (Å²) in [6, 6.07) is 0. The zero-order chi connectivity index (χ0) is 8.58. The van der Waals surface area contributed by atoms with Crippen LogP contribution < -0.4 is 0 Å². The van der Waals surface area contributed by atoms with Gasteiger partial charge in [-0.1, -0.05) is 0 Å². The zero-order valence-corrected chi connectivity index (χ0v) is 12.2. The van der Waals surface area contributed by atoms with E-state index in [1.807, 2.05) is 11.5 Å². The van der Waals surface area contributed by atoms with E-state index in [0.717, 1.165) is 0 Å². The third kappa shape index (κ3) is 3.42. The van der Waals surface area contributed by atoms with Crippen LogP contribution in [0.1, 0.15) is 6.92 Å². The summed E-state index contributed by atoms with van der Waals surface area (Å²) >= 11 is -4.44. The first-order chi connectivity index (χ1) is 4.15. The van der Waals surface area contributed by atoms with Crippen molar-refractivity contribution in [2.24, 2.45) is 0 Å². The fourth-order valence-electron chi connectivity index (χ4n) is 1.03. The molecule has 0 aliphatic carbocycles. The molecule has 1 unspecified atom stereocenters. The fraction of sp³-hybridized carbons (Fsp3) is 1.00. The van der Waals surface area contributed by atoms with Gasteiger partial charge < -0.3 is 0 Å². The van der Waals surface area contributed by atoms with E-state index < -0.39 is 27.0 Å². The molecule has 0 bridgehead atoms. The van der Waals surface area contributed by atoms with Gasteiger partial charge in [-0.2, -0.15) is 0 Å². The van der Waals surface area contributed by atoms with Crippen LogP contribution in [-0.2, 0) is 0 Å². The van der Waals surface area contributed by atoms with Crippen molar-refractivity contribution in [3.63, 3.8) is 0 Å². The van der Waals surface area contributed by atoms with E-state index in [-0.39, 0.29) is 0 Å². The van der Waals surface area contributed by atoms with Crippen molar-refractivity contribution in [1.29, 1.82) is 0 Å². The normalized spacial score (nSPS) is 17.1. The summed E-state index contributed by atoms with van der Waals surface area (Å²) in [5.74, 6) is 10.7. The molecular formula is C7H19FGe2. The Kier molecular flexibility index (Phi) is 3.50. The predicted octanol–water partition coefficient (Wildman–Crippen LogP) is 3.43. The topological polar surface area (TPSA) is 0 Å². The third-order valence-corrected chi connectivity index (χ3v) is 29.0. The summed E-state index contributed by atoms with van der Waals surface area (Å²) in [4.78, 5) is 0. The fourth-order valence-corrected chi connectivity index (χ4v) is 27.8. The Morgan fingerprint density at radius 3 is 1.30 bits per heavy atom. The SMILES string of the molecule is C[CH]([Ge]([CH3])([CH3])[CH3])[Ge]([CH3])([CH3])[F]. The van der Waals surface area contributed by atoms with Gasteiger partial charge in [-0.05, 0) is 0 Å². The van der Waals surface area contributed by atoms with Crippen LogP contribution in [0.25, 0.3) is 0 Å². The van der Waals surface area contributed by atoms with Gasteiger partial charge in [-0.15, -0.1) is 0 Å². The van der Waals surface area contributed by atoms with Crippen LogP contribution in [0, 0.1) is 0 Å². The molecule has 0 aromatic heterocycles. The third-order valence-electron chi connectivity index (χ3n) is 2.33. The number of hydrogen-bond donors (Lipinski definition) is 0. The summed E-state index contributed by atoms with van der Waals surface area (Å²) in [7, 11) is 0. The molecular weight excluding hydrogens is 248 g/mol. The van der Waals surface area contributed by atoms with Crippen molar-refractivity contribution < 1.29 is 3.50 Å². The van der Waals surface area contributed by atoms with Gasteiger partial charge in [-0.25, -0.2) is 0 Å². The minimum absolute atomic E-state index is 0.472. The number of hydrogen-bond acceptors (Lipinski definition) is 0. The van der Waals surface area contributed by atoms with Crippen LogP contribution in [-0.4, -0.2) is 27.0 Å². The molecule has 0 rings (SSSR count). The van der Waals surface area contributed by atoms with Gasteiger partial charge in [0, 0.05) is 0 Å². The molecule has 0 radical (unpaired) electrons. The molecule has 0 aromatic rings. The van der Waals surface area contributed by atoms with E-state index in [4.69, 9.17) is 0 Å². The maximum absolute atomic E-state index is 13.5. The Hall–Kier alpha value is 1.02. The number of rotatable bonds is 2. The molecule has 0 fully saturated rings. The van der Waals surface area contributed by atoms with Crippen LogP contribution in [0.2, 0.25) is 32.4 Å². The zero-order valence-electron chi connectivity index (χ0n) is 7.96. The Morgan fingerprint density at radius 1 is 1.00 bits per heavy atom. The minimum atomic E-state index is -2.78. The maximum atomic E-state index is 13.5. The van der Waals surface area contributed by atoms with E-state index in [1.165, 1.54) is 0 Å². The van der Waals surface area contributed by atoms with Crippen LogP contribution in [0.15, 0.2) is 0 Å². The van der Waals surface area contributed by atoms with Crippen molar-refractivity contribution in [3.05, 3.63) is 0 Å². The second kappa shape index (κ2) is 3.17. The van der Waals surface area contributed by atoms with Crippen molar-refractivity contribution >= 4 is 27.0 Å². The van der Waals surface area contributed by atoms with E-state index in [1.54, 1.807) is 0 Å². The number of halogens is 1. The van der Waals surface area contributed by atoms with E-state index in [0.29, 0.717) is 3.58 Å². The van der Waals surface area contributed by atoms with E-state index >= 15 is 0 Å². The van der Waals surface area contributed by atoms with Gasteiger partial charge in [0.2, 0.25) is 0 Å². The molecule has 0 heterocycles. The van der Waals surface area contributed by atoms with Crippen molar-refractivity contribution in [3.8, 4) is 0 Å². The molecule has 3 heteroatoms. The Bertz CT molecular complexity index is 95.8. The second-order valence-corrected chi connectivity index (χ2v) is 27.3. The van der Waals surface area contributed by atoms with E-state index in [2.05, 4.69) is 24.2 Å².